The van der Waals surface area contributed by atoms with E-state index < -0.39 is 0 Å². The van der Waals surface area contributed by atoms with E-state index in [1.165, 1.54) is 18.4 Å². The molecule has 1 amide bonds. The molecule has 2 atom stereocenters. The van der Waals surface area contributed by atoms with Crippen molar-refractivity contribution in [2.75, 3.05) is 5.32 Å². The highest BCUT2D eigenvalue weighted by molar-refractivity contribution is 6.03. The van der Waals surface area contributed by atoms with Gasteiger partial charge in [0.25, 0.3) is 5.91 Å². The molecule has 28 heavy (non-hydrogen) atoms. The molecule has 1 N–H and O–H groups in total. The fourth-order valence-corrected chi connectivity index (χ4v) is 4.22. The number of pyridine rings is 1. The molecule has 0 aromatic carbocycles. The zero-order valence-electron chi connectivity index (χ0n) is 15.2. The summed E-state index contributed by atoms with van der Waals surface area (Å²) in [6.45, 7) is 0. The van der Waals surface area contributed by atoms with Crippen molar-refractivity contribution in [3.05, 3.63) is 77.9 Å². The Balaban J connectivity index is 1.47. The molecule has 3 heterocycles. The molecule has 6 heteroatoms. The van der Waals surface area contributed by atoms with Crippen LogP contribution in [0.3, 0.4) is 0 Å². The van der Waals surface area contributed by atoms with E-state index in [-0.39, 0.29) is 11.3 Å². The number of carbonyl (C=O) groups excluding carboxylic acids is 1. The van der Waals surface area contributed by atoms with Crippen molar-refractivity contribution in [3.8, 4) is 0 Å². The van der Waals surface area contributed by atoms with Gasteiger partial charge in [-0.05, 0) is 43.2 Å². The summed E-state index contributed by atoms with van der Waals surface area (Å²) < 4.78 is 1.77. The molecule has 2 fully saturated rings. The molecule has 0 saturated heterocycles. The standard InChI is InChI=1S/C22H19N5O/c28-21(15-4-3-9-23-12-15)26-19-10-18(22-8-2-1-5-16(22)11-22)25-20-17(14-6-7-14)13-24-27(19)20/h1-5,8-10,12-14,16H,6-7,11H2,(H,26,28). The first-order valence-corrected chi connectivity index (χ1v) is 9.71. The molecule has 138 valence electrons. The summed E-state index contributed by atoms with van der Waals surface area (Å²) in [4.78, 5) is 21.8. The maximum atomic E-state index is 12.8. The highest BCUT2D eigenvalue weighted by Gasteiger charge is 2.54. The van der Waals surface area contributed by atoms with Gasteiger partial charge in [-0.3, -0.25) is 9.78 Å². The van der Waals surface area contributed by atoms with Gasteiger partial charge in [-0.2, -0.15) is 9.61 Å². The maximum Gasteiger partial charge on any atom is 0.258 e. The van der Waals surface area contributed by atoms with Gasteiger partial charge < -0.3 is 5.32 Å². The van der Waals surface area contributed by atoms with Crippen molar-refractivity contribution < 1.29 is 4.79 Å². The van der Waals surface area contributed by atoms with Crippen LogP contribution in [0.5, 0.6) is 0 Å². The molecule has 0 radical (unpaired) electrons. The molecule has 3 aliphatic carbocycles. The van der Waals surface area contributed by atoms with Crippen LogP contribution in [0.15, 0.2) is 61.1 Å². The van der Waals surface area contributed by atoms with Crippen LogP contribution in [0.4, 0.5) is 5.82 Å². The molecule has 0 spiro atoms. The molecule has 3 aliphatic rings. The Bertz CT molecular complexity index is 1160. The third kappa shape index (κ3) is 2.34. The summed E-state index contributed by atoms with van der Waals surface area (Å²) in [5.74, 6) is 1.49. The topological polar surface area (TPSA) is 72.2 Å². The number of aromatic nitrogens is 4. The smallest absolute Gasteiger partial charge is 0.258 e. The van der Waals surface area contributed by atoms with Crippen LogP contribution in [0.25, 0.3) is 5.65 Å². The molecule has 0 aliphatic heterocycles. The van der Waals surface area contributed by atoms with Crippen LogP contribution in [-0.2, 0) is 5.41 Å². The first-order chi connectivity index (χ1) is 13.7. The second kappa shape index (κ2) is 5.61. The van der Waals surface area contributed by atoms with Crippen LogP contribution in [0.2, 0.25) is 0 Å². The lowest BCUT2D eigenvalue weighted by atomic mass is 9.95. The van der Waals surface area contributed by atoms with Crippen LogP contribution in [0, 0.1) is 5.92 Å². The number of hydrogen-bond acceptors (Lipinski definition) is 4. The minimum atomic E-state index is -0.195. The molecular weight excluding hydrogens is 350 g/mol. The normalized spacial score (nSPS) is 24.9. The Morgan fingerprint density at radius 3 is 2.96 bits per heavy atom. The van der Waals surface area contributed by atoms with Gasteiger partial charge in [0.2, 0.25) is 0 Å². The first kappa shape index (κ1) is 15.7. The quantitative estimate of drug-likeness (QED) is 0.762. The first-order valence-electron chi connectivity index (χ1n) is 9.71. The molecule has 3 aromatic rings. The number of rotatable bonds is 4. The zero-order chi connectivity index (χ0) is 18.7. The van der Waals surface area contributed by atoms with Gasteiger partial charge in [0.15, 0.2) is 5.65 Å². The fraction of sp³-hybridized carbons (Fsp3) is 0.273. The second-order valence-corrected chi connectivity index (χ2v) is 7.93. The molecule has 0 bridgehead atoms. The Labute approximate surface area is 162 Å². The third-order valence-corrected chi connectivity index (χ3v) is 6.07. The number of allylic oxidation sites excluding steroid dienone is 4. The summed E-state index contributed by atoms with van der Waals surface area (Å²) >= 11 is 0. The summed E-state index contributed by atoms with van der Waals surface area (Å²) in [5.41, 5.74) is 3.53. The van der Waals surface area contributed by atoms with Gasteiger partial charge in [-0.1, -0.05) is 24.3 Å². The van der Waals surface area contributed by atoms with E-state index in [2.05, 4.69) is 39.7 Å². The van der Waals surface area contributed by atoms with Gasteiger partial charge in [0.1, 0.15) is 5.82 Å². The second-order valence-electron chi connectivity index (χ2n) is 7.93. The number of hydrogen-bond donors (Lipinski definition) is 1. The average molecular weight is 369 g/mol. The van der Waals surface area contributed by atoms with Gasteiger partial charge in [-0.15, -0.1) is 0 Å². The Morgan fingerprint density at radius 1 is 1.25 bits per heavy atom. The predicted octanol–water partition coefficient (Wildman–Crippen LogP) is 3.64. The Hall–Kier alpha value is -3.28. The van der Waals surface area contributed by atoms with Gasteiger partial charge in [0.05, 0.1) is 17.5 Å². The summed E-state index contributed by atoms with van der Waals surface area (Å²) in [7, 11) is 0. The van der Waals surface area contributed by atoms with Crippen LogP contribution in [0.1, 0.15) is 46.8 Å². The number of fused-ring (bicyclic) bond motifs is 2. The van der Waals surface area contributed by atoms with E-state index in [1.54, 1.807) is 29.0 Å². The van der Waals surface area contributed by atoms with E-state index in [1.807, 2.05) is 12.3 Å². The highest BCUT2D eigenvalue weighted by Crippen LogP contribution is 2.57. The minimum Gasteiger partial charge on any atom is -0.306 e. The van der Waals surface area contributed by atoms with E-state index in [9.17, 15) is 4.79 Å². The summed E-state index contributed by atoms with van der Waals surface area (Å²) in [6, 6.07) is 5.49. The number of nitrogens with one attached hydrogen (secondary N) is 1. The molecule has 3 aromatic heterocycles. The van der Waals surface area contributed by atoms with Crippen LogP contribution in [-0.4, -0.2) is 25.5 Å². The largest absolute Gasteiger partial charge is 0.306 e. The van der Waals surface area contributed by atoms with Gasteiger partial charge in [0, 0.05) is 29.4 Å². The molecule has 6 rings (SSSR count). The number of nitrogens with zero attached hydrogens (tertiary/aromatic N) is 4. The number of carbonyl (C=O) groups is 1. The van der Waals surface area contributed by atoms with Crippen molar-refractivity contribution in [3.63, 3.8) is 0 Å². The molecule has 6 nitrogen and oxygen atoms in total. The maximum absolute atomic E-state index is 12.8. The average Bonchev–Trinajstić information content (AvgIpc) is 3.65. The Morgan fingerprint density at radius 2 is 2.18 bits per heavy atom. The summed E-state index contributed by atoms with van der Waals surface area (Å²) in [5, 5.41) is 7.57. The summed E-state index contributed by atoms with van der Waals surface area (Å²) in [6.07, 6.45) is 17.3. The van der Waals surface area contributed by atoms with Crippen LogP contribution < -0.4 is 5.32 Å². The van der Waals surface area contributed by atoms with Crippen molar-refractivity contribution >= 4 is 17.4 Å². The molecule has 2 saturated carbocycles. The number of amides is 1. The Kier molecular flexibility index (Phi) is 3.15. The third-order valence-electron chi connectivity index (χ3n) is 6.07. The molecule has 2 unspecified atom stereocenters. The lowest BCUT2D eigenvalue weighted by molar-refractivity contribution is 0.102. The van der Waals surface area contributed by atoms with Crippen LogP contribution >= 0.6 is 0 Å². The van der Waals surface area contributed by atoms with Crippen molar-refractivity contribution in [1.29, 1.82) is 0 Å². The van der Waals surface area contributed by atoms with Crippen molar-refractivity contribution in [1.82, 2.24) is 19.6 Å². The van der Waals surface area contributed by atoms with E-state index in [4.69, 9.17) is 4.98 Å². The highest BCUT2D eigenvalue weighted by atomic mass is 16.1. The fourth-order valence-electron chi connectivity index (χ4n) is 4.22. The van der Waals surface area contributed by atoms with Crippen molar-refractivity contribution in [2.24, 2.45) is 5.92 Å². The van der Waals surface area contributed by atoms with Gasteiger partial charge >= 0.3 is 0 Å². The SMILES string of the molecule is O=C(Nc1cc(C23C=CC=CC2C3)nc2c(C3CC3)cnn12)c1cccnc1. The van der Waals surface area contributed by atoms with E-state index in [0.717, 1.165) is 17.8 Å². The predicted molar refractivity (Wildman–Crippen MR) is 105 cm³/mol. The van der Waals surface area contributed by atoms with Gasteiger partial charge in [-0.25, -0.2) is 4.98 Å². The lowest BCUT2D eigenvalue weighted by Gasteiger charge is -2.16. The minimum absolute atomic E-state index is 0.0463. The van der Waals surface area contributed by atoms with E-state index >= 15 is 0 Å². The molecular formula is C22H19N5O. The van der Waals surface area contributed by atoms with E-state index in [0.29, 0.717) is 23.2 Å². The lowest BCUT2D eigenvalue weighted by Crippen LogP contribution is -2.18. The zero-order valence-corrected chi connectivity index (χ0v) is 15.2. The monoisotopic (exact) mass is 369 g/mol. The number of anilines is 1. The van der Waals surface area contributed by atoms with Crippen molar-refractivity contribution in [2.45, 2.75) is 30.6 Å².